The monoisotopic (exact) mass is 994 g/mol. The van der Waals surface area contributed by atoms with E-state index in [-0.39, 0.29) is 51.5 Å². The zero-order valence-corrected chi connectivity index (χ0v) is 39.5. The predicted octanol–water partition coefficient (Wildman–Crippen LogP) is 9.63. The van der Waals surface area contributed by atoms with E-state index in [1.165, 1.54) is 39.9 Å². The fourth-order valence-corrected chi connectivity index (χ4v) is 9.88. The Bertz CT molecular complexity index is 2840. The highest BCUT2D eigenvalue weighted by Crippen LogP contribution is 2.33. The topological polar surface area (TPSA) is 147 Å². The molecule has 4 aromatic carbocycles. The lowest BCUT2D eigenvalue weighted by Crippen LogP contribution is -2.46. The van der Waals surface area contributed by atoms with Crippen molar-refractivity contribution in [2.45, 2.75) is 76.9 Å². The summed E-state index contributed by atoms with van der Waals surface area (Å²) >= 11 is 22.8. The molecule has 2 aromatic heterocycles. The minimum atomic E-state index is -4.45. The number of aliphatic hydroxyl groups is 1. The van der Waals surface area contributed by atoms with Crippen LogP contribution in [0.1, 0.15) is 93.1 Å². The number of carbonyl (C=O) groups is 3. The van der Waals surface area contributed by atoms with Crippen LogP contribution in [0.15, 0.2) is 94.4 Å². The summed E-state index contributed by atoms with van der Waals surface area (Å²) in [6.07, 6.45) is 5.61. The summed E-state index contributed by atoms with van der Waals surface area (Å²) in [4.78, 5) is 45.9. The van der Waals surface area contributed by atoms with E-state index in [9.17, 15) is 27.9 Å². The molecule has 6 aromatic rings. The van der Waals surface area contributed by atoms with Crippen molar-refractivity contribution in [3.05, 3.63) is 144 Å². The van der Waals surface area contributed by atoms with Crippen LogP contribution >= 0.6 is 50.7 Å². The maximum Gasteiger partial charge on any atom is 0.275 e. The Morgan fingerprint density at radius 2 is 1.63 bits per heavy atom. The first-order chi connectivity index (χ1) is 30.1. The van der Waals surface area contributed by atoms with E-state index in [0.717, 1.165) is 47.9 Å². The lowest BCUT2D eigenvalue weighted by atomic mass is 9.93. The predicted molar refractivity (Wildman–Crippen MR) is 250 cm³/mol. The van der Waals surface area contributed by atoms with Crippen LogP contribution in [0.5, 0.6) is 0 Å². The Morgan fingerprint density at radius 3 is 2.32 bits per heavy atom. The van der Waals surface area contributed by atoms with Crippen molar-refractivity contribution in [2.75, 3.05) is 19.7 Å². The van der Waals surface area contributed by atoms with E-state index < -0.39 is 27.9 Å². The summed E-state index contributed by atoms with van der Waals surface area (Å²) in [6.45, 7) is 7.12. The molecule has 63 heavy (non-hydrogen) atoms. The molecule has 3 amide bonds. The SMILES string of the molecule is CCCCN(CCCC)C(=O)c1nn(-c2ccc(C(=O)NS(=O)(=O)c3ccc4c(c3)c(Br)cn4Cc3ccc(Cl)c(Cl)c3)cc2C(=O)N2Cc3ccccc3C[C@H]2CO)c(C)c1Cl. The van der Waals surface area contributed by atoms with Crippen molar-refractivity contribution in [3.8, 4) is 5.69 Å². The van der Waals surface area contributed by atoms with Crippen LogP contribution in [0.2, 0.25) is 15.1 Å². The van der Waals surface area contributed by atoms with Crippen LogP contribution < -0.4 is 4.72 Å². The minimum Gasteiger partial charge on any atom is -0.394 e. The molecule has 2 N–H and O–H groups in total. The number of unbranched alkanes of at least 4 members (excludes halogenated alkanes) is 2. The number of hydrogen-bond donors (Lipinski definition) is 2. The van der Waals surface area contributed by atoms with E-state index in [4.69, 9.17) is 34.8 Å². The van der Waals surface area contributed by atoms with Gasteiger partial charge in [0.15, 0.2) is 5.69 Å². The first-order valence-corrected chi connectivity index (χ1v) is 24.0. The zero-order valence-electron chi connectivity index (χ0n) is 34.9. The molecule has 330 valence electrons. The number of benzene rings is 4. The van der Waals surface area contributed by atoms with Gasteiger partial charge in [-0.25, -0.2) is 17.8 Å². The van der Waals surface area contributed by atoms with Gasteiger partial charge >= 0.3 is 0 Å². The largest absolute Gasteiger partial charge is 0.394 e. The summed E-state index contributed by atoms with van der Waals surface area (Å²) in [5.74, 6) is -1.86. The van der Waals surface area contributed by atoms with Crippen LogP contribution in [0.4, 0.5) is 0 Å². The van der Waals surface area contributed by atoms with Gasteiger partial charge in [-0.05, 0) is 107 Å². The van der Waals surface area contributed by atoms with Crippen LogP contribution in [-0.2, 0) is 29.5 Å². The number of halogens is 4. The van der Waals surface area contributed by atoms with Gasteiger partial charge in [0.1, 0.15) is 0 Å². The number of nitrogens with zero attached hydrogens (tertiary/aromatic N) is 5. The highest BCUT2D eigenvalue weighted by Gasteiger charge is 2.34. The summed E-state index contributed by atoms with van der Waals surface area (Å²) in [7, 11) is -4.45. The van der Waals surface area contributed by atoms with Gasteiger partial charge in [-0.2, -0.15) is 5.10 Å². The van der Waals surface area contributed by atoms with E-state index >= 15 is 0 Å². The number of amides is 3. The Kier molecular flexibility index (Phi) is 14.4. The molecular formula is C46H46BrCl3N6O6S. The molecule has 0 saturated carbocycles. The van der Waals surface area contributed by atoms with E-state index in [2.05, 4.69) is 25.8 Å². The minimum absolute atomic E-state index is 0.0124. The smallest absolute Gasteiger partial charge is 0.275 e. The maximum atomic E-state index is 14.8. The quantitative estimate of drug-likeness (QED) is 0.104. The number of fused-ring (bicyclic) bond motifs is 2. The lowest BCUT2D eigenvalue weighted by molar-refractivity contribution is 0.0544. The fraction of sp³-hybridized carbons (Fsp3) is 0.304. The maximum absolute atomic E-state index is 14.8. The summed E-state index contributed by atoms with van der Waals surface area (Å²) in [5.41, 5.74) is 4.00. The van der Waals surface area contributed by atoms with Gasteiger partial charge in [-0.1, -0.05) is 91.8 Å². The molecule has 0 spiro atoms. The normalized spacial score (nSPS) is 13.9. The zero-order chi connectivity index (χ0) is 45.2. The Labute approximate surface area is 389 Å². The van der Waals surface area contributed by atoms with Crippen molar-refractivity contribution in [1.29, 1.82) is 0 Å². The van der Waals surface area contributed by atoms with Crippen LogP contribution in [-0.4, -0.2) is 81.1 Å². The standard InChI is InChI=1S/C46H46BrCl3N6O6S/c1-4-6-18-53(19-7-5-2)46(60)43-42(50)28(3)56(51-43)41-16-13-31(22-36(41)45(59)55-25-32-11-9-8-10-30(32)21-33(55)27-57)44(58)52-63(61,62)34-14-17-40-35(23-34)37(47)26-54(40)24-29-12-15-38(48)39(49)20-29/h8-17,20,22-23,26,33,57H,4-7,18-19,21,24-25,27H2,1-3H3,(H,52,58)/t33-/m0/s1. The molecule has 0 aliphatic carbocycles. The third-order valence-electron chi connectivity index (χ3n) is 11.3. The number of hydrogen-bond acceptors (Lipinski definition) is 7. The van der Waals surface area contributed by atoms with Gasteiger partial charge in [0.25, 0.3) is 27.7 Å². The third kappa shape index (κ3) is 9.72. The summed E-state index contributed by atoms with van der Waals surface area (Å²) in [6, 6.07) is 21.1. The molecule has 0 bridgehead atoms. The Morgan fingerprint density at radius 1 is 0.921 bits per heavy atom. The highest BCUT2D eigenvalue weighted by atomic mass is 79.9. The third-order valence-corrected chi connectivity index (χ3v) is 14.5. The van der Waals surface area contributed by atoms with Crippen molar-refractivity contribution in [1.82, 2.24) is 28.9 Å². The van der Waals surface area contributed by atoms with Gasteiger partial charge in [-0.3, -0.25) is 14.4 Å². The fourth-order valence-electron chi connectivity index (χ4n) is 7.80. The van der Waals surface area contributed by atoms with E-state index in [1.54, 1.807) is 30.0 Å². The van der Waals surface area contributed by atoms with Crippen LogP contribution in [0, 0.1) is 6.92 Å². The van der Waals surface area contributed by atoms with Crippen molar-refractivity contribution < 1.29 is 27.9 Å². The van der Waals surface area contributed by atoms with E-state index in [1.807, 2.05) is 54.9 Å². The second-order valence-corrected chi connectivity index (χ2v) is 19.3. The first-order valence-electron chi connectivity index (χ1n) is 20.6. The molecule has 1 aliphatic rings. The molecular weight excluding hydrogens is 951 g/mol. The molecule has 0 saturated heterocycles. The number of aromatic nitrogens is 3. The average molecular weight is 997 g/mol. The van der Waals surface area contributed by atoms with E-state index in [0.29, 0.717) is 51.7 Å². The molecule has 7 rings (SSSR count). The second kappa shape index (κ2) is 19.6. The van der Waals surface area contributed by atoms with Crippen LogP contribution in [0.3, 0.4) is 0 Å². The average Bonchev–Trinajstić information content (AvgIpc) is 3.76. The second-order valence-electron chi connectivity index (χ2n) is 15.6. The highest BCUT2D eigenvalue weighted by molar-refractivity contribution is 9.10. The first kappa shape index (κ1) is 46.3. The number of rotatable bonds is 15. The summed E-state index contributed by atoms with van der Waals surface area (Å²) in [5, 5.41) is 16.8. The number of nitrogens with one attached hydrogen (secondary N) is 1. The Balaban J connectivity index is 1.24. The van der Waals surface area contributed by atoms with Gasteiger partial charge in [-0.15, -0.1) is 0 Å². The van der Waals surface area contributed by atoms with Crippen molar-refractivity contribution >= 4 is 89.4 Å². The Hall–Kier alpha value is -4.70. The number of sulfonamides is 1. The van der Waals surface area contributed by atoms with Gasteiger partial charge in [0, 0.05) is 53.3 Å². The van der Waals surface area contributed by atoms with Gasteiger partial charge < -0.3 is 19.5 Å². The van der Waals surface area contributed by atoms with Crippen molar-refractivity contribution in [2.24, 2.45) is 0 Å². The number of aliphatic hydroxyl groups excluding tert-OH is 1. The molecule has 1 atom stereocenters. The van der Waals surface area contributed by atoms with Gasteiger partial charge in [0.2, 0.25) is 0 Å². The van der Waals surface area contributed by atoms with Gasteiger partial charge in [0.05, 0.1) is 49.6 Å². The number of carbonyl (C=O) groups excluding carboxylic acids is 3. The molecule has 0 radical (unpaired) electrons. The summed E-state index contributed by atoms with van der Waals surface area (Å²) < 4.78 is 33.9. The molecule has 1 aliphatic heterocycles. The molecule has 0 unspecified atom stereocenters. The van der Waals surface area contributed by atoms with Crippen molar-refractivity contribution in [3.63, 3.8) is 0 Å². The molecule has 0 fully saturated rings. The molecule has 3 heterocycles. The molecule has 12 nitrogen and oxygen atoms in total. The van der Waals surface area contributed by atoms with Crippen LogP contribution in [0.25, 0.3) is 16.6 Å². The lowest BCUT2D eigenvalue weighted by Gasteiger charge is -2.36. The molecule has 17 heteroatoms.